The zero-order chi connectivity index (χ0) is 17.2. The van der Waals surface area contributed by atoms with E-state index in [1.165, 1.54) is 27.2 Å². The quantitative estimate of drug-likeness (QED) is 0.835. The molecule has 1 aliphatic rings. The summed E-state index contributed by atoms with van der Waals surface area (Å²) in [6.45, 7) is 1.31. The maximum Gasteiger partial charge on any atom is 0.250 e. The fourth-order valence-corrected chi connectivity index (χ4v) is 4.58. The van der Waals surface area contributed by atoms with E-state index in [0.717, 1.165) is 24.8 Å². The summed E-state index contributed by atoms with van der Waals surface area (Å²) in [5, 5.41) is 0.550. The van der Waals surface area contributed by atoms with Gasteiger partial charge in [-0.3, -0.25) is 4.79 Å². The molecule has 24 heavy (non-hydrogen) atoms. The molecular formula is C17H19ClN2O3S. The van der Waals surface area contributed by atoms with Crippen LogP contribution in [-0.4, -0.2) is 30.4 Å². The van der Waals surface area contributed by atoms with Gasteiger partial charge in [0, 0.05) is 30.4 Å². The Hall–Kier alpha value is -1.63. The Balaban J connectivity index is 1.94. The summed E-state index contributed by atoms with van der Waals surface area (Å²) in [6.07, 6.45) is 4.21. The standard InChI is InChI=1S/C17H19ClN2O3S/c18-16-7-3-2-6-14(16)12-19-13-15(8-9-17(19)21)24(22,23)20-10-4-1-5-11-20/h2-3,6-9,13H,1,4-5,10-12H2. The van der Waals surface area contributed by atoms with E-state index in [9.17, 15) is 13.2 Å². The highest BCUT2D eigenvalue weighted by atomic mass is 35.5. The predicted molar refractivity (Wildman–Crippen MR) is 93.9 cm³/mol. The van der Waals surface area contributed by atoms with Gasteiger partial charge in [-0.15, -0.1) is 0 Å². The average Bonchev–Trinajstić information content (AvgIpc) is 2.59. The summed E-state index contributed by atoms with van der Waals surface area (Å²) in [5.41, 5.74) is 0.515. The van der Waals surface area contributed by atoms with Gasteiger partial charge in [0.1, 0.15) is 0 Å². The van der Waals surface area contributed by atoms with Crippen molar-refractivity contribution in [2.45, 2.75) is 30.7 Å². The second-order valence-corrected chi connectivity index (χ2v) is 8.23. The van der Waals surface area contributed by atoms with Crippen molar-refractivity contribution in [2.24, 2.45) is 0 Å². The lowest BCUT2D eigenvalue weighted by molar-refractivity contribution is 0.346. The minimum Gasteiger partial charge on any atom is -0.310 e. The summed E-state index contributed by atoms with van der Waals surface area (Å²) in [7, 11) is -3.56. The molecule has 2 aromatic rings. The maximum atomic E-state index is 12.8. The summed E-state index contributed by atoms with van der Waals surface area (Å²) >= 11 is 6.14. The van der Waals surface area contributed by atoms with Gasteiger partial charge in [-0.2, -0.15) is 4.31 Å². The highest BCUT2D eigenvalue weighted by molar-refractivity contribution is 7.89. The summed E-state index contributed by atoms with van der Waals surface area (Å²) in [4.78, 5) is 12.3. The number of halogens is 1. The van der Waals surface area contributed by atoms with Crippen molar-refractivity contribution in [3.05, 3.63) is 63.5 Å². The Morgan fingerprint density at radius 1 is 1.00 bits per heavy atom. The molecule has 5 nitrogen and oxygen atoms in total. The largest absolute Gasteiger partial charge is 0.310 e. The van der Waals surface area contributed by atoms with Crippen molar-refractivity contribution in [2.75, 3.05) is 13.1 Å². The van der Waals surface area contributed by atoms with E-state index in [2.05, 4.69) is 0 Å². The lowest BCUT2D eigenvalue weighted by atomic mass is 10.2. The van der Waals surface area contributed by atoms with Crippen molar-refractivity contribution >= 4 is 21.6 Å². The molecule has 0 bridgehead atoms. The number of rotatable bonds is 4. The third kappa shape index (κ3) is 3.55. The topological polar surface area (TPSA) is 59.4 Å². The van der Waals surface area contributed by atoms with Gasteiger partial charge < -0.3 is 4.57 Å². The first-order valence-corrected chi connectivity index (χ1v) is 9.74. The van der Waals surface area contributed by atoms with Crippen LogP contribution in [0.25, 0.3) is 0 Å². The van der Waals surface area contributed by atoms with Crippen LogP contribution < -0.4 is 5.56 Å². The molecular weight excluding hydrogens is 348 g/mol. The number of hydrogen-bond acceptors (Lipinski definition) is 3. The van der Waals surface area contributed by atoms with E-state index < -0.39 is 10.0 Å². The first-order valence-electron chi connectivity index (χ1n) is 7.92. The van der Waals surface area contributed by atoms with Crippen LogP contribution in [0.15, 0.2) is 52.3 Å². The zero-order valence-corrected chi connectivity index (χ0v) is 14.8. The molecule has 0 radical (unpaired) electrons. The Morgan fingerprint density at radius 3 is 2.42 bits per heavy atom. The van der Waals surface area contributed by atoms with Gasteiger partial charge in [0.25, 0.3) is 5.56 Å². The molecule has 128 valence electrons. The number of hydrogen-bond donors (Lipinski definition) is 0. The smallest absolute Gasteiger partial charge is 0.250 e. The highest BCUT2D eigenvalue weighted by Gasteiger charge is 2.26. The van der Waals surface area contributed by atoms with Crippen molar-refractivity contribution in [1.29, 1.82) is 0 Å². The van der Waals surface area contributed by atoms with E-state index in [0.29, 0.717) is 18.1 Å². The van der Waals surface area contributed by atoms with Crippen LogP contribution in [0.1, 0.15) is 24.8 Å². The van der Waals surface area contributed by atoms with Crippen molar-refractivity contribution in [3.63, 3.8) is 0 Å². The van der Waals surface area contributed by atoms with Gasteiger partial charge in [-0.25, -0.2) is 8.42 Å². The van der Waals surface area contributed by atoms with Crippen LogP contribution in [0.4, 0.5) is 0 Å². The SMILES string of the molecule is O=c1ccc(S(=O)(=O)N2CCCCC2)cn1Cc1ccccc1Cl. The number of aromatic nitrogens is 1. The molecule has 0 aliphatic carbocycles. The summed E-state index contributed by atoms with van der Waals surface area (Å²) in [6, 6.07) is 9.90. The minimum atomic E-state index is -3.56. The average molecular weight is 367 g/mol. The van der Waals surface area contributed by atoms with Gasteiger partial charge in [-0.1, -0.05) is 36.2 Å². The first kappa shape index (κ1) is 17.2. The lowest BCUT2D eigenvalue weighted by Gasteiger charge is -2.26. The van der Waals surface area contributed by atoms with E-state index in [4.69, 9.17) is 11.6 Å². The molecule has 1 aromatic carbocycles. The third-order valence-corrected chi connectivity index (χ3v) is 6.46. The van der Waals surface area contributed by atoms with Crippen LogP contribution in [0.3, 0.4) is 0 Å². The van der Waals surface area contributed by atoms with Crippen molar-refractivity contribution < 1.29 is 8.42 Å². The molecule has 1 fully saturated rings. The number of piperidine rings is 1. The fraction of sp³-hybridized carbons (Fsp3) is 0.353. The molecule has 0 saturated carbocycles. The molecule has 0 spiro atoms. The van der Waals surface area contributed by atoms with Crippen LogP contribution in [0, 0.1) is 0 Å². The molecule has 3 rings (SSSR count). The predicted octanol–water partition coefficient (Wildman–Crippen LogP) is 2.72. The van der Waals surface area contributed by atoms with Gasteiger partial charge in [0.05, 0.1) is 11.4 Å². The van der Waals surface area contributed by atoms with Gasteiger partial charge in [0.15, 0.2) is 0 Å². The Labute approximate surface area is 146 Å². The summed E-state index contributed by atoms with van der Waals surface area (Å²) < 4.78 is 28.4. The van der Waals surface area contributed by atoms with Gasteiger partial charge in [-0.05, 0) is 30.5 Å². The van der Waals surface area contributed by atoms with E-state index in [1.54, 1.807) is 6.07 Å². The number of benzene rings is 1. The fourth-order valence-electron chi connectivity index (χ4n) is 2.85. The van der Waals surface area contributed by atoms with Crippen LogP contribution in [-0.2, 0) is 16.6 Å². The Kier molecular flexibility index (Phi) is 5.08. The van der Waals surface area contributed by atoms with E-state index >= 15 is 0 Å². The molecule has 0 unspecified atom stereocenters. The van der Waals surface area contributed by atoms with Crippen LogP contribution in [0.2, 0.25) is 5.02 Å². The molecule has 2 heterocycles. The van der Waals surface area contributed by atoms with Gasteiger partial charge >= 0.3 is 0 Å². The number of sulfonamides is 1. The van der Waals surface area contributed by atoms with Crippen LogP contribution >= 0.6 is 11.6 Å². The second kappa shape index (κ2) is 7.09. The Morgan fingerprint density at radius 2 is 1.71 bits per heavy atom. The highest BCUT2D eigenvalue weighted by Crippen LogP contribution is 2.20. The number of pyridine rings is 1. The first-order chi connectivity index (χ1) is 11.5. The van der Waals surface area contributed by atoms with E-state index in [1.807, 2.05) is 18.2 Å². The molecule has 0 N–H and O–H groups in total. The molecule has 0 atom stereocenters. The second-order valence-electron chi connectivity index (χ2n) is 5.89. The van der Waals surface area contributed by atoms with Crippen molar-refractivity contribution in [1.82, 2.24) is 8.87 Å². The molecule has 7 heteroatoms. The lowest BCUT2D eigenvalue weighted by Crippen LogP contribution is -2.36. The molecule has 1 saturated heterocycles. The monoisotopic (exact) mass is 366 g/mol. The van der Waals surface area contributed by atoms with Crippen molar-refractivity contribution in [3.8, 4) is 0 Å². The van der Waals surface area contributed by atoms with Crippen LogP contribution in [0.5, 0.6) is 0 Å². The Bertz CT molecular complexity index is 887. The number of nitrogens with zero attached hydrogens (tertiary/aromatic N) is 2. The third-order valence-electron chi connectivity index (χ3n) is 4.21. The molecule has 1 aromatic heterocycles. The molecule has 0 amide bonds. The van der Waals surface area contributed by atoms with E-state index in [-0.39, 0.29) is 17.0 Å². The normalized spacial score (nSPS) is 16.2. The minimum absolute atomic E-state index is 0.149. The van der Waals surface area contributed by atoms with Gasteiger partial charge in [0.2, 0.25) is 10.0 Å². The summed E-state index contributed by atoms with van der Waals surface area (Å²) in [5.74, 6) is 0. The molecule has 1 aliphatic heterocycles. The zero-order valence-electron chi connectivity index (χ0n) is 13.2. The maximum absolute atomic E-state index is 12.8.